The van der Waals surface area contributed by atoms with E-state index in [0.717, 1.165) is 0 Å². The van der Waals surface area contributed by atoms with E-state index in [0.29, 0.717) is 0 Å². The maximum atomic E-state index is 2.44. The molecule has 0 N–H and O–H groups in total. The smallest absolute Gasteiger partial charge is 0.117 e. The maximum absolute atomic E-state index is 2.44. The molecule has 0 saturated heterocycles. The van der Waals surface area contributed by atoms with Crippen molar-refractivity contribution < 1.29 is 0 Å². The first-order chi connectivity index (χ1) is 9.85. The highest BCUT2D eigenvalue weighted by Crippen LogP contribution is 2.19. The second-order valence-corrected chi connectivity index (χ2v) is 10.8. The predicted octanol–water partition coefficient (Wildman–Crippen LogP) is 2.64. The van der Waals surface area contributed by atoms with E-state index in [1.165, 1.54) is 21.7 Å². The van der Waals surface area contributed by atoms with E-state index < -0.39 is 8.07 Å². The van der Waals surface area contributed by atoms with Crippen LogP contribution < -0.4 is 20.2 Å². The summed E-state index contributed by atoms with van der Waals surface area (Å²) in [5, 5.41) is 2.98. The van der Waals surface area contributed by atoms with Gasteiger partial charge in [-0.1, -0.05) is 49.5 Å². The fraction of sp³-hybridized carbons (Fsp3) is 0.333. The highest BCUT2D eigenvalue weighted by molar-refractivity contribution is 7.02. The molecular formula is C18H26N2Si. The van der Waals surface area contributed by atoms with Gasteiger partial charge in [-0.3, -0.25) is 0 Å². The summed E-state index contributed by atoms with van der Waals surface area (Å²) >= 11 is 0. The van der Waals surface area contributed by atoms with Crippen molar-refractivity contribution in [2.24, 2.45) is 0 Å². The number of nitrogens with zero attached hydrogens (tertiary/aromatic N) is 2. The maximum Gasteiger partial charge on any atom is 0.117 e. The topological polar surface area (TPSA) is 6.48 Å². The molecule has 2 aromatic rings. The van der Waals surface area contributed by atoms with Crippen LogP contribution in [0.25, 0.3) is 0 Å². The van der Waals surface area contributed by atoms with Gasteiger partial charge in [0.2, 0.25) is 0 Å². The number of benzene rings is 2. The molecule has 3 heteroatoms. The van der Waals surface area contributed by atoms with Gasteiger partial charge in [-0.05, 0) is 22.5 Å². The highest BCUT2D eigenvalue weighted by atomic mass is 28.3. The molecular weight excluding hydrogens is 272 g/mol. The van der Waals surface area contributed by atoms with E-state index in [-0.39, 0.29) is 0 Å². The molecule has 0 bridgehead atoms. The van der Waals surface area contributed by atoms with Crippen molar-refractivity contribution in [1.82, 2.24) is 0 Å². The van der Waals surface area contributed by atoms with Crippen LogP contribution >= 0.6 is 0 Å². The van der Waals surface area contributed by atoms with Crippen molar-refractivity contribution in [2.45, 2.75) is 13.1 Å². The van der Waals surface area contributed by atoms with Gasteiger partial charge in [0.25, 0.3) is 0 Å². The van der Waals surface area contributed by atoms with Crippen molar-refractivity contribution in [2.75, 3.05) is 38.0 Å². The summed E-state index contributed by atoms with van der Waals surface area (Å²) in [5.41, 5.74) is 2.67. The van der Waals surface area contributed by atoms with Gasteiger partial charge < -0.3 is 9.80 Å². The Kier molecular flexibility index (Phi) is 4.42. The lowest BCUT2D eigenvalue weighted by molar-refractivity contribution is 1.13. The number of anilines is 2. The van der Waals surface area contributed by atoms with Gasteiger partial charge in [0.1, 0.15) is 8.07 Å². The number of para-hydroxylation sites is 2. The standard InChI is InChI=1S/C18H26N2Si/c1-19(2)15-11-7-9-13-17(15)21(5,6)18-14-10-8-12-16(18)20(3)4/h7-14H,1-6H3. The normalized spacial score (nSPS) is 11.3. The van der Waals surface area contributed by atoms with Crippen molar-refractivity contribution >= 4 is 29.8 Å². The van der Waals surface area contributed by atoms with Crippen molar-refractivity contribution in [3.63, 3.8) is 0 Å². The molecule has 0 heterocycles. The molecule has 21 heavy (non-hydrogen) atoms. The molecule has 0 radical (unpaired) electrons. The second kappa shape index (κ2) is 5.94. The van der Waals surface area contributed by atoms with Gasteiger partial charge in [-0.25, -0.2) is 0 Å². The predicted molar refractivity (Wildman–Crippen MR) is 98.3 cm³/mol. The zero-order valence-corrected chi connectivity index (χ0v) is 15.0. The SMILES string of the molecule is CN(C)c1ccccc1[Si](C)(C)c1ccccc1N(C)C. The molecule has 0 aliphatic heterocycles. The summed E-state index contributed by atoms with van der Waals surface area (Å²) in [6.45, 7) is 4.88. The molecule has 112 valence electrons. The van der Waals surface area contributed by atoms with Crippen LogP contribution in [0.4, 0.5) is 11.4 Å². The Bertz CT molecular complexity index is 565. The van der Waals surface area contributed by atoms with E-state index in [4.69, 9.17) is 0 Å². The third kappa shape index (κ3) is 2.98. The Morgan fingerprint density at radius 2 is 0.952 bits per heavy atom. The van der Waals surface area contributed by atoms with Crippen molar-refractivity contribution in [1.29, 1.82) is 0 Å². The Labute approximate surface area is 130 Å². The average Bonchev–Trinajstić information content (AvgIpc) is 2.47. The van der Waals surface area contributed by atoms with Crippen LogP contribution in [0.1, 0.15) is 0 Å². The van der Waals surface area contributed by atoms with Crippen LogP contribution in [-0.4, -0.2) is 36.3 Å². The third-order valence-electron chi connectivity index (χ3n) is 4.12. The van der Waals surface area contributed by atoms with Crippen molar-refractivity contribution in [3.05, 3.63) is 48.5 Å². The first-order valence-corrected chi connectivity index (χ1v) is 10.4. The van der Waals surface area contributed by atoms with Gasteiger partial charge in [-0.15, -0.1) is 0 Å². The van der Waals surface area contributed by atoms with Gasteiger partial charge in [0.15, 0.2) is 0 Å². The third-order valence-corrected chi connectivity index (χ3v) is 7.66. The number of hydrogen-bond acceptors (Lipinski definition) is 2. The van der Waals surface area contributed by atoms with E-state index in [1.807, 2.05) is 0 Å². The fourth-order valence-electron chi connectivity index (χ4n) is 2.93. The van der Waals surface area contributed by atoms with Crippen LogP contribution in [0.2, 0.25) is 13.1 Å². The largest absolute Gasteiger partial charge is 0.378 e. The molecule has 0 aliphatic carbocycles. The Balaban J connectivity index is 2.63. The molecule has 0 aromatic heterocycles. The molecule has 0 atom stereocenters. The summed E-state index contributed by atoms with van der Waals surface area (Å²) < 4.78 is 0. The lowest BCUT2D eigenvalue weighted by Gasteiger charge is -2.32. The Hall–Kier alpha value is -1.74. The lowest BCUT2D eigenvalue weighted by Crippen LogP contribution is -2.55. The Morgan fingerprint density at radius 1 is 0.619 bits per heavy atom. The monoisotopic (exact) mass is 298 g/mol. The van der Waals surface area contributed by atoms with E-state index in [2.05, 4.69) is 99.6 Å². The first-order valence-electron chi connectivity index (χ1n) is 7.39. The van der Waals surface area contributed by atoms with E-state index >= 15 is 0 Å². The zero-order valence-electron chi connectivity index (χ0n) is 14.0. The molecule has 0 spiro atoms. The van der Waals surface area contributed by atoms with Crippen LogP contribution in [-0.2, 0) is 0 Å². The van der Waals surface area contributed by atoms with Crippen LogP contribution in [0.15, 0.2) is 48.5 Å². The molecule has 0 amide bonds. The molecule has 0 fully saturated rings. The zero-order chi connectivity index (χ0) is 15.6. The Morgan fingerprint density at radius 3 is 1.29 bits per heavy atom. The van der Waals surface area contributed by atoms with Gasteiger partial charge >= 0.3 is 0 Å². The van der Waals surface area contributed by atoms with Crippen LogP contribution in [0, 0.1) is 0 Å². The minimum absolute atomic E-state index is 1.34. The summed E-state index contributed by atoms with van der Waals surface area (Å²) in [4.78, 5) is 4.45. The summed E-state index contributed by atoms with van der Waals surface area (Å²) in [6.07, 6.45) is 0. The second-order valence-electron chi connectivity index (χ2n) is 6.45. The van der Waals surface area contributed by atoms with Crippen LogP contribution in [0.3, 0.4) is 0 Å². The minimum atomic E-state index is -1.75. The highest BCUT2D eigenvalue weighted by Gasteiger charge is 2.31. The van der Waals surface area contributed by atoms with E-state index in [1.54, 1.807) is 0 Å². The molecule has 2 aromatic carbocycles. The summed E-state index contributed by atoms with van der Waals surface area (Å²) in [6, 6.07) is 17.6. The number of hydrogen-bond donors (Lipinski definition) is 0. The average molecular weight is 299 g/mol. The molecule has 0 unspecified atom stereocenters. The first kappa shape index (κ1) is 15.6. The van der Waals surface area contributed by atoms with Gasteiger partial charge in [0.05, 0.1) is 0 Å². The van der Waals surface area contributed by atoms with Gasteiger partial charge in [-0.2, -0.15) is 0 Å². The molecule has 2 nitrogen and oxygen atoms in total. The van der Waals surface area contributed by atoms with E-state index in [9.17, 15) is 0 Å². The van der Waals surface area contributed by atoms with Gasteiger partial charge in [0, 0.05) is 39.6 Å². The summed E-state index contributed by atoms with van der Waals surface area (Å²) in [7, 11) is 6.75. The molecule has 0 aliphatic rings. The minimum Gasteiger partial charge on any atom is -0.378 e. The molecule has 2 rings (SSSR count). The van der Waals surface area contributed by atoms with Crippen molar-refractivity contribution in [3.8, 4) is 0 Å². The summed E-state index contributed by atoms with van der Waals surface area (Å²) in [5.74, 6) is 0. The number of rotatable bonds is 4. The lowest BCUT2D eigenvalue weighted by atomic mass is 10.3. The molecule has 0 saturated carbocycles. The fourth-order valence-corrected chi connectivity index (χ4v) is 6.14. The quantitative estimate of drug-likeness (QED) is 0.801. The van der Waals surface area contributed by atoms with Crippen LogP contribution in [0.5, 0.6) is 0 Å².